The molecule has 0 bridgehead atoms. The Kier molecular flexibility index (Phi) is 6.14. The highest BCUT2D eigenvalue weighted by molar-refractivity contribution is 6.22. The van der Waals surface area contributed by atoms with Crippen molar-refractivity contribution in [3.63, 3.8) is 0 Å². The SMILES string of the molecule is CC(=O)C(CCCC(=O)NN)(C(C)=O)C(=O)NN. The van der Waals surface area contributed by atoms with Crippen LogP contribution in [-0.4, -0.2) is 23.4 Å². The molecular weight excluding hydrogens is 240 g/mol. The Morgan fingerprint density at radius 2 is 1.50 bits per heavy atom. The first kappa shape index (κ1) is 16.2. The average molecular weight is 258 g/mol. The van der Waals surface area contributed by atoms with Crippen LogP contribution in [0.5, 0.6) is 0 Å². The van der Waals surface area contributed by atoms with Gasteiger partial charge < -0.3 is 0 Å². The van der Waals surface area contributed by atoms with Crippen LogP contribution in [-0.2, 0) is 19.2 Å². The molecule has 0 fully saturated rings. The normalized spacial score (nSPS) is 10.7. The number of carbonyl (C=O) groups is 4. The van der Waals surface area contributed by atoms with Crippen LogP contribution in [0.3, 0.4) is 0 Å². The minimum atomic E-state index is -1.83. The fourth-order valence-electron chi connectivity index (χ4n) is 1.74. The van der Waals surface area contributed by atoms with Crippen LogP contribution in [0.2, 0.25) is 0 Å². The summed E-state index contributed by atoms with van der Waals surface area (Å²) in [6, 6.07) is 0. The summed E-state index contributed by atoms with van der Waals surface area (Å²) in [5.74, 6) is 7.37. The minimum absolute atomic E-state index is 0.0106. The van der Waals surface area contributed by atoms with Gasteiger partial charge in [0.2, 0.25) is 5.91 Å². The van der Waals surface area contributed by atoms with Crippen LogP contribution in [0.4, 0.5) is 0 Å². The summed E-state index contributed by atoms with van der Waals surface area (Å²) in [7, 11) is 0. The van der Waals surface area contributed by atoms with Crippen molar-refractivity contribution in [2.45, 2.75) is 33.1 Å². The molecule has 0 saturated heterocycles. The number of ketones is 2. The molecule has 0 heterocycles. The summed E-state index contributed by atoms with van der Waals surface area (Å²) in [4.78, 5) is 45.8. The number of nitrogens with one attached hydrogen (secondary N) is 2. The molecule has 0 aromatic heterocycles. The molecule has 8 nitrogen and oxygen atoms in total. The number of nitrogens with two attached hydrogens (primary N) is 2. The molecule has 0 atom stereocenters. The molecule has 2 amide bonds. The number of hydrogen-bond donors (Lipinski definition) is 4. The maximum absolute atomic E-state index is 11.7. The zero-order chi connectivity index (χ0) is 14.3. The maximum Gasteiger partial charge on any atom is 0.255 e. The third-order valence-electron chi connectivity index (χ3n) is 2.84. The zero-order valence-corrected chi connectivity index (χ0v) is 10.4. The number of amides is 2. The molecule has 0 saturated carbocycles. The van der Waals surface area contributed by atoms with E-state index in [1.54, 1.807) is 0 Å². The van der Waals surface area contributed by atoms with E-state index in [4.69, 9.17) is 11.7 Å². The molecule has 0 aromatic rings. The number of hydrazine groups is 2. The predicted molar refractivity (Wildman–Crippen MR) is 62.3 cm³/mol. The third-order valence-corrected chi connectivity index (χ3v) is 2.84. The highest BCUT2D eigenvalue weighted by Gasteiger charge is 2.47. The number of hydrogen-bond acceptors (Lipinski definition) is 6. The van der Waals surface area contributed by atoms with Crippen molar-refractivity contribution in [1.29, 1.82) is 0 Å². The fourth-order valence-corrected chi connectivity index (χ4v) is 1.74. The van der Waals surface area contributed by atoms with Gasteiger partial charge in [0.15, 0.2) is 17.0 Å². The van der Waals surface area contributed by atoms with Crippen molar-refractivity contribution < 1.29 is 19.2 Å². The highest BCUT2D eigenvalue weighted by Crippen LogP contribution is 2.27. The number of Topliss-reactive ketones (excluding diaryl/α,β-unsaturated/α-hetero) is 2. The van der Waals surface area contributed by atoms with Gasteiger partial charge in [0.05, 0.1) is 0 Å². The Bertz CT molecular complexity index is 353. The van der Waals surface area contributed by atoms with Crippen molar-refractivity contribution >= 4 is 23.4 Å². The van der Waals surface area contributed by atoms with Gasteiger partial charge >= 0.3 is 0 Å². The summed E-state index contributed by atoms with van der Waals surface area (Å²) in [6.07, 6.45) is 0.0837. The van der Waals surface area contributed by atoms with E-state index in [1.807, 2.05) is 10.9 Å². The molecular formula is C10H18N4O4. The maximum atomic E-state index is 11.7. The second kappa shape index (κ2) is 6.82. The van der Waals surface area contributed by atoms with Gasteiger partial charge in [-0.05, 0) is 26.7 Å². The predicted octanol–water partition coefficient (Wildman–Crippen LogP) is -1.70. The zero-order valence-electron chi connectivity index (χ0n) is 10.4. The molecule has 0 rings (SSSR count). The van der Waals surface area contributed by atoms with E-state index >= 15 is 0 Å². The van der Waals surface area contributed by atoms with Gasteiger partial charge in [0.1, 0.15) is 0 Å². The lowest BCUT2D eigenvalue weighted by molar-refractivity contribution is -0.149. The molecule has 0 aliphatic carbocycles. The quantitative estimate of drug-likeness (QED) is 0.185. The van der Waals surface area contributed by atoms with Gasteiger partial charge in [-0.3, -0.25) is 30.0 Å². The molecule has 0 aliphatic rings. The topological polar surface area (TPSA) is 144 Å². The summed E-state index contributed by atoms with van der Waals surface area (Å²) >= 11 is 0. The molecule has 0 aliphatic heterocycles. The van der Waals surface area contributed by atoms with E-state index in [0.717, 1.165) is 13.8 Å². The van der Waals surface area contributed by atoms with Crippen LogP contribution in [0.1, 0.15) is 33.1 Å². The van der Waals surface area contributed by atoms with Gasteiger partial charge in [-0.2, -0.15) is 0 Å². The van der Waals surface area contributed by atoms with Crippen molar-refractivity contribution in [3.8, 4) is 0 Å². The van der Waals surface area contributed by atoms with Crippen LogP contribution in [0, 0.1) is 5.41 Å². The van der Waals surface area contributed by atoms with E-state index in [-0.39, 0.29) is 19.3 Å². The van der Waals surface area contributed by atoms with Gasteiger partial charge in [0.25, 0.3) is 5.91 Å². The number of carbonyl (C=O) groups excluding carboxylic acids is 4. The van der Waals surface area contributed by atoms with Crippen LogP contribution in [0.25, 0.3) is 0 Å². The van der Waals surface area contributed by atoms with Crippen LogP contribution >= 0.6 is 0 Å². The Labute approximate surface area is 104 Å². The van der Waals surface area contributed by atoms with E-state index < -0.39 is 28.8 Å². The van der Waals surface area contributed by atoms with Crippen molar-refractivity contribution in [2.75, 3.05) is 0 Å². The van der Waals surface area contributed by atoms with Gasteiger partial charge in [-0.1, -0.05) is 0 Å². The minimum Gasteiger partial charge on any atom is -0.298 e. The summed E-state index contributed by atoms with van der Waals surface area (Å²) in [6.45, 7) is 2.28. The van der Waals surface area contributed by atoms with Gasteiger partial charge in [-0.15, -0.1) is 0 Å². The second-order valence-electron chi connectivity index (χ2n) is 3.91. The first-order chi connectivity index (χ1) is 8.32. The fraction of sp³-hybridized carbons (Fsp3) is 0.600. The summed E-state index contributed by atoms with van der Waals surface area (Å²) in [5, 5.41) is 0. The lowest BCUT2D eigenvalue weighted by Gasteiger charge is -2.26. The highest BCUT2D eigenvalue weighted by atomic mass is 16.2. The smallest absolute Gasteiger partial charge is 0.255 e. The standard InChI is InChI=1S/C10H18N4O4/c1-6(15)10(7(2)16,9(18)14-12)5-3-4-8(17)13-11/h3-5,11-12H2,1-2H3,(H,13,17)(H,14,18). The first-order valence-corrected chi connectivity index (χ1v) is 5.35. The summed E-state index contributed by atoms with van der Waals surface area (Å²) in [5.41, 5.74) is 1.90. The molecule has 8 heteroatoms. The van der Waals surface area contributed by atoms with E-state index in [1.165, 1.54) is 0 Å². The monoisotopic (exact) mass is 258 g/mol. The Morgan fingerprint density at radius 3 is 1.83 bits per heavy atom. The average Bonchev–Trinajstić information content (AvgIpc) is 2.32. The Morgan fingerprint density at radius 1 is 1.00 bits per heavy atom. The van der Waals surface area contributed by atoms with E-state index in [0.29, 0.717) is 0 Å². The van der Waals surface area contributed by atoms with Gasteiger partial charge in [0, 0.05) is 6.42 Å². The number of rotatable bonds is 7. The van der Waals surface area contributed by atoms with Crippen LogP contribution < -0.4 is 22.5 Å². The van der Waals surface area contributed by atoms with Crippen molar-refractivity contribution in [3.05, 3.63) is 0 Å². The Balaban J connectivity index is 4.98. The lowest BCUT2D eigenvalue weighted by Crippen LogP contribution is -2.52. The first-order valence-electron chi connectivity index (χ1n) is 5.35. The lowest BCUT2D eigenvalue weighted by atomic mass is 9.75. The molecule has 0 radical (unpaired) electrons. The van der Waals surface area contributed by atoms with Crippen LogP contribution in [0.15, 0.2) is 0 Å². The molecule has 6 N–H and O–H groups in total. The molecule has 0 aromatic carbocycles. The Hall–Kier alpha value is -1.80. The molecule has 18 heavy (non-hydrogen) atoms. The second-order valence-corrected chi connectivity index (χ2v) is 3.91. The third kappa shape index (κ3) is 3.34. The summed E-state index contributed by atoms with van der Waals surface area (Å²) < 4.78 is 0. The van der Waals surface area contributed by atoms with Crippen molar-refractivity contribution in [1.82, 2.24) is 10.9 Å². The molecule has 0 spiro atoms. The largest absolute Gasteiger partial charge is 0.298 e. The molecule has 102 valence electrons. The van der Waals surface area contributed by atoms with E-state index in [2.05, 4.69) is 0 Å². The molecule has 0 unspecified atom stereocenters. The van der Waals surface area contributed by atoms with Gasteiger partial charge in [-0.25, -0.2) is 11.7 Å². The van der Waals surface area contributed by atoms with E-state index in [9.17, 15) is 19.2 Å². The van der Waals surface area contributed by atoms with Crippen molar-refractivity contribution in [2.24, 2.45) is 17.1 Å².